The molecule has 0 atom stereocenters. The highest BCUT2D eigenvalue weighted by Gasteiger charge is 1.92. The second-order valence-electron chi connectivity index (χ2n) is 2.84. The molecule has 11 heavy (non-hydrogen) atoms. The Kier molecular flexibility index (Phi) is 8.93. The lowest BCUT2D eigenvalue weighted by Crippen LogP contribution is -1.83. The number of hydrogen-bond acceptors (Lipinski definition) is 0. The predicted octanol–water partition coefficient (Wildman–Crippen LogP) is 4.34. The quantitative estimate of drug-likeness (QED) is 0.381. The van der Waals surface area contributed by atoms with E-state index in [-0.39, 0.29) is 0 Å². The van der Waals surface area contributed by atoms with Crippen molar-refractivity contribution in [3.05, 3.63) is 11.6 Å². The van der Waals surface area contributed by atoms with Crippen molar-refractivity contribution in [3.8, 4) is 0 Å². The van der Waals surface area contributed by atoms with Crippen LogP contribution in [0, 0.1) is 0 Å². The van der Waals surface area contributed by atoms with Crippen molar-refractivity contribution in [2.45, 2.75) is 46.0 Å². The molecule has 0 aromatic heterocycles. The average Bonchev–Trinajstić information content (AvgIpc) is 2.01. The summed E-state index contributed by atoms with van der Waals surface area (Å²) in [6.07, 6.45) is 8.91. The standard InChI is InChI=1S/C10H19I/c1-3-6-10(7-4-2)8-5-9-11/h8H,3-7,9H2,1-2H3. The second-order valence-corrected chi connectivity index (χ2v) is 3.92. The number of rotatable bonds is 6. The maximum absolute atomic E-state index is 2.43. The average molecular weight is 266 g/mol. The van der Waals surface area contributed by atoms with Crippen LogP contribution in [0.15, 0.2) is 11.6 Å². The maximum atomic E-state index is 2.43. The predicted molar refractivity (Wildman–Crippen MR) is 61.4 cm³/mol. The van der Waals surface area contributed by atoms with Crippen molar-refractivity contribution in [1.29, 1.82) is 0 Å². The summed E-state index contributed by atoms with van der Waals surface area (Å²) in [5.74, 6) is 0. The summed E-state index contributed by atoms with van der Waals surface area (Å²) in [7, 11) is 0. The molecule has 0 nitrogen and oxygen atoms in total. The third-order valence-electron chi connectivity index (χ3n) is 1.68. The van der Waals surface area contributed by atoms with Gasteiger partial charge in [0.25, 0.3) is 0 Å². The summed E-state index contributed by atoms with van der Waals surface area (Å²) in [5.41, 5.74) is 1.67. The van der Waals surface area contributed by atoms with Gasteiger partial charge in [0.1, 0.15) is 0 Å². The van der Waals surface area contributed by atoms with Crippen molar-refractivity contribution in [2.24, 2.45) is 0 Å². The molecule has 0 saturated carbocycles. The van der Waals surface area contributed by atoms with E-state index in [0.29, 0.717) is 0 Å². The molecule has 0 radical (unpaired) electrons. The highest BCUT2D eigenvalue weighted by atomic mass is 127. The van der Waals surface area contributed by atoms with Crippen LogP contribution >= 0.6 is 22.6 Å². The van der Waals surface area contributed by atoms with Crippen molar-refractivity contribution < 1.29 is 0 Å². The fourth-order valence-corrected chi connectivity index (χ4v) is 1.54. The van der Waals surface area contributed by atoms with Crippen LogP contribution in [0.3, 0.4) is 0 Å². The van der Waals surface area contributed by atoms with Crippen LogP contribution in [0.5, 0.6) is 0 Å². The summed E-state index contributed by atoms with van der Waals surface area (Å²) < 4.78 is 1.26. The maximum Gasteiger partial charge on any atom is 0.00300 e. The zero-order valence-corrected chi connectivity index (χ0v) is 9.86. The van der Waals surface area contributed by atoms with Crippen LogP contribution in [-0.2, 0) is 0 Å². The van der Waals surface area contributed by atoms with Crippen LogP contribution in [0.1, 0.15) is 46.0 Å². The van der Waals surface area contributed by atoms with E-state index in [9.17, 15) is 0 Å². The van der Waals surface area contributed by atoms with Crippen molar-refractivity contribution in [1.82, 2.24) is 0 Å². The number of alkyl halides is 1. The van der Waals surface area contributed by atoms with E-state index < -0.39 is 0 Å². The Labute approximate surface area is 84.6 Å². The Balaban J connectivity index is 3.66. The van der Waals surface area contributed by atoms with E-state index in [1.165, 1.54) is 36.5 Å². The zero-order valence-electron chi connectivity index (χ0n) is 7.70. The van der Waals surface area contributed by atoms with E-state index in [1.54, 1.807) is 5.57 Å². The first kappa shape index (κ1) is 11.5. The molecule has 0 spiro atoms. The smallest absolute Gasteiger partial charge is 0.00300 e. The monoisotopic (exact) mass is 266 g/mol. The van der Waals surface area contributed by atoms with Gasteiger partial charge in [-0.25, -0.2) is 0 Å². The molecule has 0 heterocycles. The molecule has 0 N–H and O–H groups in total. The van der Waals surface area contributed by atoms with Gasteiger partial charge in [-0.15, -0.1) is 0 Å². The summed E-state index contributed by atoms with van der Waals surface area (Å²) in [6, 6.07) is 0. The minimum Gasteiger partial charge on any atom is -0.0860 e. The molecule has 0 aliphatic heterocycles. The number of hydrogen-bond donors (Lipinski definition) is 0. The van der Waals surface area contributed by atoms with E-state index in [4.69, 9.17) is 0 Å². The summed E-state index contributed by atoms with van der Waals surface area (Å²) in [4.78, 5) is 0. The van der Waals surface area contributed by atoms with E-state index in [1.807, 2.05) is 0 Å². The molecular formula is C10H19I. The van der Waals surface area contributed by atoms with Crippen molar-refractivity contribution in [3.63, 3.8) is 0 Å². The molecule has 0 aromatic rings. The topological polar surface area (TPSA) is 0 Å². The Morgan fingerprint density at radius 3 is 2.09 bits per heavy atom. The van der Waals surface area contributed by atoms with Gasteiger partial charge >= 0.3 is 0 Å². The van der Waals surface area contributed by atoms with Gasteiger partial charge in [-0.2, -0.15) is 0 Å². The molecule has 0 rings (SSSR count). The molecule has 0 aromatic carbocycles. The molecule has 0 unspecified atom stereocenters. The third-order valence-corrected chi connectivity index (χ3v) is 2.31. The molecule has 66 valence electrons. The molecule has 1 heteroatoms. The first-order valence-electron chi connectivity index (χ1n) is 4.59. The molecule has 0 fully saturated rings. The van der Waals surface area contributed by atoms with Crippen LogP contribution < -0.4 is 0 Å². The largest absolute Gasteiger partial charge is 0.0860 e. The Morgan fingerprint density at radius 1 is 1.18 bits per heavy atom. The fraction of sp³-hybridized carbons (Fsp3) is 0.800. The number of allylic oxidation sites excluding steroid dienone is 2. The Hall–Kier alpha value is 0.470. The van der Waals surface area contributed by atoms with Gasteiger partial charge in [0.2, 0.25) is 0 Å². The van der Waals surface area contributed by atoms with Crippen LogP contribution in [0.25, 0.3) is 0 Å². The first-order valence-corrected chi connectivity index (χ1v) is 6.11. The summed E-state index contributed by atoms with van der Waals surface area (Å²) in [6.45, 7) is 4.51. The van der Waals surface area contributed by atoms with Gasteiger partial charge in [0, 0.05) is 4.43 Å². The van der Waals surface area contributed by atoms with Gasteiger partial charge in [-0.05, 0) is 19.3 Å². The Morgan fingerprint density at radius 2 is 1.73 bits per heavy atom. The second kappa shape index (κ2) is 8.57. The lowest BCUT2D eigenvalue weighted by Gasteiger charge is -2.02. The van der Waals surface area contributed by atoms with Crippen LogP contribution in [0.4, 0.5) is 0 Å². The molecule has 0 saturated heterocycles. The molecule has 0 aliphatic rings. The van der Waals surface area contributed by atoms with Gasteiger partial charge in [-0.3, -0.25) is 0 Å². The molecular weight excluding hydrogens is 247 g/mol. The highest BCUT2D eigenvalue weighted by molar-refractivity contribution is 14.1. The molecule has 0 amide bonds. The van der Waals surface area contributed by atoms with E-state index in [2.05, 4.69) is 42.5 Å². The van der Waals surface area contributed by atoms with Gasteiger partial charge in [0.15, 0.2) is 0 Å². The minimum absolute atomic E-state index is 1.26. The fourth-order valence-electron chi connectivity index (χ4n) is 1.23. The number of halogens is 1. The van der Waals surface area contributed by atoms with Crippen molar-refractivity contribution in [2.75, 3.05) is 4.43 Å². The lowest BCUT2D eigenvalue weighted by atomic mass is 10.0. The van der Waals surface area contributed by atoms with E-state index >= 15 is 0 Å². The van der Waals surface area contributed by atoms with Crippen LogP contribution in [0.2, 0.25) is 0 Å². The Bertz CT molecular complexity index is 97.4. The lowest BCUT2D eigenvalue weighted by molar-refractivity contribution is 0.796. The third kappa shape index (κ3) is 6.85. The van der Waals surface area contributed by atoms with E-state index in [0.717, 1.165) is 0 Å². The van der Waals surface area contributed by atoms with Gasteiger partial charge in [0.05, 0.1) is 0 Å². The minimum atomic E-state index is 1.26. The first-order chi connectivity index (χ1) is 5.35. The van der Waals surface area contributed by atoms with Crippen LogP contribution in [-0.4, -0.2) is 4.43 Å². The van der Waals surface area contributed by atoms with Gasteiger partial charge < -0.3 is 0 Å². The normalized spacial score (nSPS) is 9.73. The SMILES string of the molecule is CCCC(=CCCI)CCC. The van der Waals surface area contributed by atoms with Crippen molar-refractivity contribution >= 4 is 22.6 Å². The highest BCUT2D eigenvalue weighted by Crippen LogP contribution is 2.12. The molecule has 0 bridgehead atoms. The summed E-state index contributed by atoms with van der Waals surface area (Å²) in [5, 5.41) is 0. The molecule has 0 aliphatic carbocycles. The summed E-state index contributed by atoms with van der Waals surface area (Å²) >= 11 is 2.43. The van der Waals surface area contributed by atoms with Gasteiger partial charge in [-0.1, -0.05) is 60.9 Å². The zero-order chi connectivity index (χ0) is 8.53.